The summed E-state index contributed by atoms with van der Waals surface area (Å²) < 4.78 is 0. The lowest BCUT2D eigenvalue weighted by atomic mass is 10.3. The van der Waals surface area contributed by atoms with Gasteiger partial charge in [0.1, 0.15) is 0 Å². The van der Waals surface area contributed by atoms with Gasteiger partial charge in [0.2, 0.25) is 5.91 Å². The van der Waals surface area contributed by atoms with E-state index in [1.165, 1.54) is 6.92 Å². The molecule has 0 aliphatic rings. The molecule has 2 N–H and O–H groups in total. The van der Waals surface area contributed by atoms with Crippen LogP contribution in [0, 0.1) is 0 Å². The predicted octanol–water partition coefficient (Wildman–Crippen LogP) is 1.94. The fourth-order valence-electron chi connectivity index (χ4n) is 1.22. The average Bonchev–Trinajstić information content (AvgIpc) is 2.49. The maximum absolute atomic E-state index is 10.8. The molecular weight excluding hydrogens is 202 g/mol. The zero-order valence-corrected chi connectivity index (χ0v) is 8.39. The molecule has 74 valence electrons. The first kappa shape index (κ1) is 10.5. The second-order valence-electron chi connectivity index (χ2n) is 2.82. The SMILES string of the molecule is CC(=O)Nc1ccc2nc[nH]c2c1.Cl. The highest BCUT2D eigenvalue weighted by Gasteiger charge is 1.98. The number of benzene rings is 1. The first-order valence-corrected chi connectivity index (χ1v) is 3.96. The highest BCUT2D eigenvalue weighted by atomic mass is 35.5. The molecule has 0 aliphatic heterocycles. The molecule has 0 bridgehead atoms. The molecule has 0 unspecified atom stereocenters. The third-order valence-corrected chi connectivity index (χ3v) is 1.74. The maximum atomic E-state index is 10.8. The van der Waals surface area contributed by atoms with E-state index in [-0.39, 0.29) is 18.3 Å². The normalized spacial score (nSPS) is 9.50. The van der Waals surface area contributed by atoms with Crippen molar-refractivity contribution in [3.63, 3.8) is 0 Å². The third-order valence-electron chi connectivity index (χ3n) is 1.74. The number of carbonyl (C=O) groups excluding carboxylic acids is 1. The fraction of sp³-hybridized carbons (Fsp3) is 0.111. The van der Waals surface area contributed by atoms with Crippen molar-refractivity contribution in [2.24, 2.45) is 0 Å². The summed E-state index contributed by atoms with van der Waals surface area (Å²) in [5.41, 5.74) is 2.60. The number of aromatic amines is 1. The zero-order valence-electron chi connectivity index (χ0n) is 7.57. The van der Waals surface area contributed by atoms with Crippen molar-refractivity contribution in [2.75, 3.05) is 5.32 Å². The molecule has 1 amide bonds. The second-order valence-corrected chi connectivity index (χ2v) is 2.82. The summed E-state index contributed by atoms with van der Waals surface area (Å²) in [6.07, 6.45) is 1.63. The van der Waals surface area contributed by atoms with Crippen LogP contribution in [0.1, 0.15) is 6.92 Å². The first-order chi connectivity index (χ1) is 6.25. The van der Waals surface area contributed by atoms with Gasteiger partial charge in [0.15, 0.2) is 0 Å². The van der Waals surface area contributed by atoms with E-state index in [0.717, 1.165) is 16.7 Å². The molecule has 4 nitrogen and oxygen atoms in total. The Labute approximate surface area is 87.1 Å². The summed E-state index contributed by atoms with van der Waals surface area (Å²) >= 11 is 0. The molecule has 0 spiro atoms. The van der Waals surface area contributed by atoms with Gasteiger partial charge in [-0.2, -0.15) is 0 Å². The highest BCUT2D eigenvalue weighted by Crippen LogP contribution is 2.15. The fourth-order valence-corrected chi connectivity index (χ4v) is 1.22. The van der Waals surface area contributed by atoms with E-state index >= 15 is 0 Å². The van der Waals surface area contributed by atoms with Crippen molar-refractivity contribution in [3.8, 4) is 0 Å². The molecule has 0 saturated carbocycles. The highest BCUT2D eigenvalue weighted by molar-refractivity contribution is 5.91. The van der Waals surface area contributed by atoms with Gasteiger partial charge in [-0.05, 0) is 18.2 Å². The van der Waals surface area contributed by atoms with E-state index in [0.29, 0.717) is 0 Å². The quantitative estimate of drug-likeness (QED) is 0.758. The second kappa shape index (κ2) is 4.11. The Balaban J connectivity index is 0.000000980. The van der Waals surface area contributed by atoms with Crippen molar-refractivity contribution in [3.05, 3.63) is 24.5 Å². The van der Waals surface area contributed by atoms with Crippen LogP contribution in [0.5, 0.6) is 0 Å². The first-order valence-electron chi connectivity index (χ1n) is 3.96. The maximum Gasteiger partial charge on any atom is 0.221 e. The Morgan fingerprint density at radius 2 is 2.29 bits per heavy atom. The van der Waals surface area contributed by atoms with Crippen LogP contribution >= 0.6 is 12.4 Å². The number of imidazole rings is 1. The number of fused-ring (bicyclic) bond motifs is 1. The Hall–Kier alpha value is -1.55. The topological polar surface area (TPSA) is 57.8 Å². The third kappa shape index (κ3) is 2.03. The van der Waals surface area contributed by atoms with Crippen LogP contribution < -0.4 is 5.32 Å². The molecule has 1 aromatic heterocycles. The van der Waals surface area contributed by atoms with Crippen LogP contribution in [0.15, 0.2) is 24.5 Å². The summed E-state index contributed by atoms with van der Waals surface area (Å²) in [4.78, 5) is 17.8. The smallest absolute Gasteiger partial charge is 0.221 e. The summed E-state index contributed by atoms with van der Waals surface area (Å²) in [6.45, 7) is 1.48. The van der Waals surface area contributed by atoms with Crippen molar-refractivity contribution in [1.82, 2.24) is 9.97 Å². The van der Waals surface area contributed by atoms with Crippen LogP contribution in [0.3, 0.4) is 0 Å². The van der Waals surface area contributed by atoms with E-state index in [1.54, 1.807) is 6.33 Å². The van der Waals surface area contributed by atoms with Gasteiger partial charge >= 0.3 is 0 Å². The molecule has 1 aromatic carbocycles. The van der Waals surface area contributed by atoms with E-state index in [1.807, 2.05) is 18.2 Å². The molecule has 5 heteroatoms. The van der Waals surface area contributed by atoms with Gasteiger partial charge in [-0.3, -0.25) is 4.79 Å². The standard InChI is InChI=1S/C9H9N3O.ClH/c1-6(13)12-7-2-3-8-9(4-7)11-5-10-8;/h2-5H,1H3,(H,10,11)(H,12,13);1H. The number of H-pyrrole nitrogens is 1. The van der Waals surface area contributed by atoms with Crippen molar-refractivity contribution in [2.45, 2.75) is 6.92 Å². The number of amides is 1. The van der Waals surface area contributed by atoms with E-state index < -0.39 is 0 Å². The van der Waals surface area contributed by atoms with E-state index in [2.05, 4.69) is 15.3 Å². The van der Waals surface area contributed by atoms with Crippen LogP contribution in [-0.4, -0.2) is 15.9 Å². The van der Waals surface area contributed by atoms with Crippen LogP contribution in [0.25, 0.3) is 11.0 Å². The van der Waals surface area contributed by atoms with Crippen molar-refractivity contribution >= 4 is 35.0 Å². The van der Waals surface area contributed by atoms with Gasteiger partial charge < -0.3 is 10.3 Å². The van der Waals surface area contributed by atoms with E-state index in [9.17, 15) is 4.79 Å². The largest absolute Gasteiger partial charge is 0.345 e. The number of anilines is 1. The lowest BCUT2D eigenvalue weighted by Crippen LogP contribution is -2.05. The van der Waals surface area contributed by atoms with Crippen LogP contribution in [0.4, 0.5) is 5.69 Å². The molecule has 0 radical (unpaired) electrons. The van der Waals surface area contributed by atoms with Gasteiger partial charge in [0.25, 0.3) is 0 Å². The van der Waals surface area contributed by atoms with E-state index in [4.69, 9.17) is 0 Å². The van der Waals surface area contributed by atoms with Gasteiger partial charge in [0.05, 0.1) is 17.4 Å². The average molecular weight is 212 g/mol. The minimum absolute atomic E-state index is 0. The van der Waals surface area contributed by atoms with Crippen molar-refractivity contribution < 1.29 is 4.79 Å². The monoisotopic (exact) mass is 211 g/mol. The number of nitrogens with zero attached hydrogens (tertiary/aromatic N) is 1. The number of hydrogen-bond acceptors (Lipinski definition) is 2. The van der Waals surface area contributed by atoms with Crippen molar-refractivity contribution in [1.29, 1.82) is 0 Å². The van der Waals surface area contributed by atoms with Gasteiger partial charge in [-0.1, -0.05) is 0 Å². The molecule has 0 atom stereocenters. The summed E-state index contributed by atoms with van der Waals surface area (Å²) in [5.74, 6) is -0.0705. The summed E-state index contributed by atoms with van der Waals surface area (Å²) in [7, 11) is 0. The molecular formula is C9H10ClN3O. The van der Waals surface area contributed by atoms with Gasteiger partial charge in [-0.25, -0.2) is 4.98 Å². The summed E-state index contributed by atoms with van der Waals surface area (Å²) in [5, 5.41) is 2.70. The molecule has 2 aromatic rings. The number of hydrogen-bond donors (Lipinski definition) is 2. The Morgan fingerprint density at radius 3 is 3.00 bits per heavy atom. The Bertz CT molecular complexity index is 452. The minimum Gasteiger partial charge on any atom is -0.345 e. The van der Waals surface area contributed by atoms with Crippen LogP contribution in [-0.2, 0) is 4.79 Å². The number of halogens is 1. The molecule has 0 fully saturated rings. The number of carbonyl (C=O) groups is 1. The number of nitrogens with one attached hydrogen (secondary N) is 2. The van der Waals surface area contributed by atoms with Gasteiger partial charge in [0, 0.05) is 12.6 Å². The Kier molecular flexibility index (Phi) is 3.09. The Morgan fingerprint density at radius 1 is 1.50 bits per heavy atom. The molecule has 1 heterocycles. The molecule has 0 saturated heterocycles. The minimum atomic E-state index is -0.0705. The number of rotatable bonds is 1. The van der Waals surface area contributed by atoms with Crippen LogP contribution in [0.2, 0.25) is 0 Å². The van der Waals surface area contributed by atoms with Gasteiger partial charge in [-0.15, -0.1) is 12.4 Å². The number of aromatic nitrogens is 2. The molecule has 14 heavy (non-hydrogen) atoms. The molecule has 0 aliphatic carbocycles. The predicted molar refractivity (Wildman–Crippen MR) is 57.6 cm³/mol. The summed E-state index contributed by atoms with van der Waals surface area (Å²) in [6, 6.07) is 5.53. The molecule has 2 rings (SSSR count). The lowest BCUT2D eigenvalue weighted by molar-refractivity contribution is -0.114. The lowest BCUT2D eigenvalue weighted by Gasteiger charge is -2.00. The zero-order chi connectivity index (χ0) is 9.26.